The molecule has 0 amide bonds. The minimum atomic E-state index is -0.00230. The molecule has 0 saturated heterocycles. The van der Waals surface area contributed by atoms with Crippen molar-refractivity contribution in [3.05, 3.63) is 79.2 Å². The summed E-state index contributed by atoms with van der Waals surface area (Å²) in [7, 11) is 0. The highest BCUT2D eigenvalue weighted by atomic mass is 32.2. The first-order valence-electron chi connectivity index (χ1n) is 9.78. The van der Waals surface area contributed by atoms with Crippen LogP contribution in [0.25, 0.3) is 10.6 Å². The molecule has 6 heteroatoms. The summed E-state index contributed by atoms with van der Waals surface area (Å²) in [5.74, 6) is 0.0512. The summed E-state index contributed by atoms with van der Waals surface area (Å²) in [6, 6.07) is 16.0. The van der Waals surface area contributed by atoms with Gasteiger partial charge in [0.1, 0.15) is 14.2 Å². The zero-order valence-electron chi connectivity index (χ0n) is 16.3. The zero-order chi connectivity index (χ0) is 20.1. The highest BCUT2D eigenvalue weighted by molar-refractivity contribution is 8.08. The fraction of sp³-hybridized carbons (Fsp3) is 0.217. The fourth-order valence-corrected chi connectivity index (χ4v) is 6.68. The minimum absolute atomic E-state index is 0.00230. The van der Waals surface area contributed by atoms with Crippen molar-refractivity contribution in [2.75, 3.05) is 11.4 Å². The Bertz CT molecular complexity index is 1330. The van der Waals surface area contributed by atoms with Gasteiger partial charge in [0.2, 0.25) is 0 Å². The number of Topliss-reactive ketones (excluding diaryl/α,β-unsaturated/α-hetero) is 1. The first kappa shape index (κ1) is 18.5. The van der Waals surface area contributed by atoms with E-state index in [0.29, 0.717) is 13.0 Å². The Balaban J connectivity index is 1.78. The van der Waals surface area contributed by atoms with Gasteiger partial charge >= 0.3 is 0 Å². The van der Waals surface area contributed by atoms with Crippen LogP contribution < -0.4 is 19.7 Å². The fourth-order valence-electron chi connectivity index (χ4n) is 4.08. The topological polar surface area (TPSA) is 42.3 Å². The lowest BCUT2D eigenvalue weighted by Crippen LogP contribution is -2.34. The Kier molecular flexibility index (Phi) is 4.48. The average Bonchev–Trinajstić information content (AvgIpc) is 3.38. The van der Waals surface area contributed by atoms with Crippen LogP contribution in [0.1, 0.15) is 29.8 Å². The summed E-state index contributed by atoms with van der Waals surface area (Å²) in [6.45, 7) is 5.41. The maximum absolute atomic E-state index is 13.3. The van der Waals surface area contributed by atoms with E-state index in [1.54, 1.807) is 16.3 Å². The lowest BCUT2D eigenvalue weighted by Gasteiger charge is -2.16. The molecule has 0 saturated carbocycles. The van der Waals surface area contributed by atoms with Gasteiger partial charge in [-0.3, -0.25) is 14.2 Å². The summed E-state index contributed by atoms with van der Waals surface area (Å²) < 4.78 is 3.29. The Labute approximate surface area is 176 Å². The summed E-state index contributed by atoms with van der Waals surface area (Å²) in [5.41, 5.74) is 3.69. The van der Waals surface area contributed by atoms with Gasteiger partial charge < -0.3 is 4.90 Å². The molecule has 0 atom stereocenters. The van der Waals surface area contributed by atoms with Crippen LogP contribution in [0.3, 0.4) is 0 Å². The number of thiazole rings is 1. The van der Waals surface area contributed by atoms with Crippen molar-refractivity contribution in [3.8, 4) is 0 Å². The summed E-state index contributed by atoms with van der Waals surface area (Å²) in [5, 5.41) is 0.973. The lowest BCUT2D eigenvalue weighted by molar-refractivity contribution is 0.105. The van der Waals surface area contributed by atoms with Gasteiger partial charge in [-0.25, -0.2) is 0 Å². The molecule has 0 N–H and O–H groups in total. The normalized spacial score (nSPS) is 19.0. The molecule has 1 aliphatic carbocycles. The van der Waals surface area contributed by atoms with E-state index in [9.17, 15) is 9.59 Å². The van der Waals surface area contributed by atoms with Gasteiger partial charge in [-0.1, -0.05) is 48.2 Å². The number of thioether (sulfide) groups is 1. The van der Waals surface area contributed by atoms with E-state index in [2.05, 4.69) is 24.0 Å². The number of carbonyl (C=O) groups is 1. The molecule has 0 radical (unpaired) electrons. The zero-order valence-corrected chi connectivity index (χ0v) is 17.9. The number of hydrogen-bond donors (Lipinski definition) is 0. The van der Waals surface area contributed by atoms with E-state index in [-0.39, 0.29) is 11.3 Å². The third kappa shape index (κ3) is 2.74. The molecule has 0 spiro atoms. The second-order valence-electron chi connectivity index (χ2n) is 7.05. The standard InChI is InChI=1S/C23H20N2O2S2/c1-3-24-17-11-7-8-12-18(17)28-23(24)20-21(27)25(4-2)22(29-20)16-13-14-9-5-6-10-15(14)19(16)26/h5-12H,3-4,13H2,1-2H3. The minimum Gasteiger partial charge on any atom is -0.334 e. The SMILES string of the molecule is CCN1C(=c2sc(=C3Cc4ccccc4C3=O)n(CC)c2=O)Sc2ccccc21. The second-order valence-corrected chi connectivity index (χ2v) is 9.08. The van der Waals surface area contributed by atoms with Crippen LogP contribution in [0.2, 0.25) is 0 Å². The van der Waals surface area contributed by atoms with Crippen LogP contribution in [0, 0.1) is 0 Å². The number of carbonyl (C=O) groups excluding carboxylic acids is 1. The first-order chi connectivity index (χ1) is 14.1. The van der Waals surface area contributed by atoms with Gasteiger partial charge in [0.05, 0.1) is 5.69 Å². The van der Waals surface area contributed by atoms with E-state index in [1.807, 2.05) is 43.3 Å². The van der Waals surface area contributed by atoms with Crippen molar-refractivity contribution >= 4 is 45.2 Å². The van der Waals surface area contributed by atoms with E-state index in [1.165, 1.54) is 16.2 Å². The number of ketones is 1. The molecule has 2 aromatic carbocycles. The van der Waals surface area contributed by atoms with Crippen molar-refractivity contribution < 1.29 is 4.79 Å². The van der Waals surface area contributed by atoms with Gasteiger partial charge in [0.15, 0.2) is 5.78 Å². The molecule has 0 bridgehead atoms. The largest absolute Gasteiger partial charge is 0.334 e. The van der Waals surface area contributed by atoms with Crippen molar-refractivity contribution in [1.82, 2.24) is 4.57 Å². The van der Waals surface area contributed by atoms with Crippen molar-refractivity contribution in [2.24, 2.45) is 0 Å². The Morgan fingerprint density at radius 3 is 2.48 bits per heavy atom. The maximum Gasteiger partial charge on any atom is 0.271 e. The van der Waals surface area contributed by atoms with Crippen LogP contribution in [-0.2, 0) is 13.0 Å². The van der Waals surface area contributed by atoms with Crippen molar-refractivity contribution in [2.45, 2.75) is 31.7 Å². The van der Waals surface area contributed by atoms with Gasteiger partial charge in [-0.15, -0.1) is 11.3 Å². The molecule has 2 aliphatic rings. The number of aromatic nitrogens is 1. The quantitative estimate of drug-likeness (QED) is 0.639. The number of para-hydroxylation sites is 1. The van der Waals surface area contributed by atoms with Crippen LogP contribution in [0.4, 0.5) is 5.69 Å². The van der Waals surface area contributed by atoms with Gasteiger partial charge in [0, 0.05) is 35.5 Å². The van der Waals surface area contributed by atoms with E-state index < -0.39 is 0 Å². The monoisotopic (exact) mass is 420 g/mol. The third-order valence-corrected chi connectivity index (χ3v) is 8.02. The molecule has 29 heavy (non-hydrogen) atoms. The van der Waals surface area contributed by atoms with Crippen molar-refractivity contribution in [3.63, 3.8) is 0 Å². The van der Waals surface area contributed by atoms with E-state index in [4.69, 9.17) is 0 Å². The number of benzene rings is 2. The Morgan fingerprint density at radius 1 is 0.966 bits per heavy atom. The van der Waals surface area contributed by atoms with Crippen LogP contribution >= 0.6 is 23.1 Å². The predicted molar refractivity (Wildman–Crippen MR) is 120 cm³/mol. The van der Waals surface area contributed by atoms with Crippen LogP contribution in [-0.4, -0.2) is 16.9 Å². The summed E-state index contributed by atoms with van der Waals surface area (Å²) in [4.78, 5) is 29.7. The van der Waals surface area contributed by atoms with Crippen LogP contribution in [0.15, 0.2) is 58.2 Å². The van der Waals surface area contributed by atoms with E-state index in [0.717, 1.165) is 43.2 Å². The number of fused-ring (bicyclic) bond motifs is 2. The Morgan fingerprint density at radius 2 is 1.72 bits per heavy atom. The molecule has 5 rings (SSSR count). The molecular weight excluding hydrogens is 400 g/mol. The van der Waals surface area contributed by atoms with Gasteiger partial charge in [0.25, 0.3) is 5.56 Å². The first-order valence-corrected chi connectivity index (χ1v) is 11.4. The molecule has 1 aliphatic heterocycles. The number of hydrogen-bond acceptors (Lipinski definition) is 5. The number of nitrogens with zero attached hydrogens (tertiary/aromatic N) is 2. The van der Waals surface area contributed by atoms with Gasteiger partial charge in [-0.05, 0) is 31.5 Å². The molecule has 2 heterocycles. The van der Waals surface area contributed by atoms with Crippen molar-refractivity contribution in [1.29, 1.82) is 0 Å². The van der Waals surface area contributed by atoms with Gasteiger partial charge in [-0.2, -0.15) is 0 Å². The maximum atomic E-state index is 13.3. The molecule has 0 unspecified atom stereocenters. The number of rotatable bonds is 2. The number of anilines is 1. The predicted octanol–water partition coefficient (Wildman–Crippen LogP) is 3.22. The third-order valence-electron chi connectivity index (χ3n) is 5.48. The van der Waals surface area contributed by atoms with Crippen LogP contribution in [0.5, 0.6) is 0 Å². The smallest absolute Gasteiger partial charge is 0.271 e. The average molecular weight is 421 g/mol. The van der Waals surface area contributed by atoms with E-state index >= 15 is 0 Å². The second kappa shape index (κ2) is 7.04. The lowest BCUT2D eigenvalue weighted by atomic mass is 10.1. The molecule has 146 valence electrons. The molecule has 0 fully saturated rings. The Hall–Kier alpha value is -2.57. The summed E-state index contributed by atoms with van der Waals surface area (Å²) >= 11 is 3.11. The molecule has 3 aromatic rings. The molecular formula is C23H20N2O2S2. The molecule has 4 nitrogen and oxygen atoms in total. The summed E-state index contributed by atoms with van der Waals surface area (Å²) in [6.07, 6.45) is 0.592. The molecule has 1 aromatic heterocycles. The highest BCUT2D eigenvalue weighted by Crippen LogP contribution is 2.45. The highest BCUT2D eigenvalue weighted by Gasteiger charge is 2.29.